The van der Waals surface area contributed by atoms with Crippen molar-refractivity contribution in [3.05, 3.63) is 39.2 Å². The molecule has 0 saturated carbocycles. The molecule has 23 heavy (non-hydrogen) atoms. The highest BCUT2D eigenvalue weighted by molar-refractivity contribution is 9.10. The van der Waals surface area contributed by atoms with Gasteiger partial charge in [-0.2, -0.15) is 0 Å². The van der Waals surface area contributed by atoms with Crippen LogP contribution in [0.3, 0.4) is 0 Å². The van der Waals surface area contributed by atoms with Crippen LogP contribution < -0.4 is 0 Å². The van der Waals surface area contributed by atoms with Gasteiger partial charge in [0.2, 0.25) is 0 Å². The molecule has 0 unspecified atom stereocenters. The molecular formula is C16H16BrNO3S2. The van der Waals surface area contributed by atoms with Crippen LogP contribution in [0.4, 0.5) is 0 Å². The normalized spacial score (nSPS) is 16.3. The Hall–Kier alpha value is -1.18. The number of ether oxygens (including phenoxy) is 1. The summed E-state index contributed by atoms with van der Waals surface area (Å²) in [4.78, 5) is 25.9. The summed E-state index contributed by atoms with van der Waals surface area (Å²) < 4.78 is 6.39. The monoisotopic (exact) mass is 413 g/mol. The van der Waals surface area contributed by atoms with Gasteiger partial charge in [-0.25, -0.2) is 0 Å². The molecule has 4 nitrogen and oxygen atoms in total. The first-order chi connectivity index (χ1) is 11.0. The molecule has 0 aromatic heterocycles. The maximum absolute atomic E-state index is 12.4. The van der Waals surface area contributed by atoms with Gasteiger partial charge in [-0.15, -0.1) is 0 Å². The summed E-state index contributed by atoms with van der Waals surface area (Å²) >= 11 is 9.94. The minimum atomic E-state index is -0.247. The van der Waals surface area contributed by atoms with Crippen LogP contribution in [-0.4, -0.2) is 34.2 Å². The van der Waals surface area contributed by atoms with Crippen molar-refractivity contribution in [2.24, 2.45) is 0 Å². The highest BCUT2D eigenvalue weighted by Crippen LogP contribution is 2.32. The van der Waals surface area contributed by atoms with E-state index in [2.05, 4.69) is 15.9 Å². The van der Waals surface area contributed by atoms with E-state index < -0.39 is 0 Å². The van der Waals surface area contributed by atoms with Crippen molar-refractivity contribution in [1.29, 1.82) is 0 Å². The van der Waals surface area contributed by atoms with Crippen molar-refractivity contribution >= 4 is 62.2 Å². The third-order valence-electron chi connectivity index (χ3n) is 3.11. The molecule has 1 aromatic rings. The van der Waals surface area contributed by atoms with Crippen LogP contribution in [0, 0.1) is 0 Å². The highest BCUT2D eigenvalue weighted by Gasteiger charge is 2.31. The van der Waals surface area contributed by atoms with Crippen molar-refractivity contribution in [2.75, 3.05) is 13.2 Å². The number of halogens is 1. The minimum Gasteiger partial charge on any atom is -0.466 e. The predicted octanol–water partition coefficient (Wildman–Crippen LogP) is 3.99. The molecule has 0 aliphatic carbocycles. The Morgan fingerprint density at radius 1 is 1.39 bits per heavy atom. The molecule has 0 atom stereocenters. The molecule has 122 valence electrons. The van der Waals surface area contributed by atoms with E-state index in [1.807, 2.05) is 30.3 Å². The Balaban J connectivity index is 1.96. The average molecular weight is 414 g/mol. The van der Waals surface area contributed by atoms with Crippen molar-refractivity contribution in [1.82, 2.24) is 4.90 Å². The lowest BCUT2D eigenvalue weighted by Crippen LogP contribution is -2.29. The second-order valence-corrected chi connectivity index (χ2v) is 7.38. The Bertz CT molecular complexity index is 643. The van der Waals surface area contributed by atoms with Crippen LogP contribution in [0.1, 0.15) is 25.3 Å². The second-order valence-electron chi connectivity index (χ2n) is 4.79. The van der Waals surface area contributed by atoms with Crippen LogP contribution in [-0.2, 0) is 14.3 Å². The van der Waals surface area contributed by atoms with Crippen LogP contribution in [0.25, 0.3) is 6.08 Å². The van der Waals surface area contributed by atoms with Gasteiger partial charge < -0.3 is 4.74 Å². The van der Waals surface area contributed by atoms with Gasteiger partial charge in [0.15, 0.2) is 0 Å². The Morgan fingerprint density at radius 3 is 2.74 bits per heavy atom. The number of benzene rings is 1. The SMILES string of the molecule is CCOC(=O)CCCN1C(=O)/C(=C/c2ccc(Br)cc2)SC1=S. The number of hydrogen-bond acceptors (Lipinski definition) is 5. The van der Waals surface area contributed by atoms with Crippen molar-refractivity contribution in [2.45, 2.75) is 19.8 Å². The zero-order chi connectivity index (χ0) is 16.8. The van der Waals surface area contributed by atoms with E-state index in [0.717, 1.165) is 10.0 Å². The predicted molar refractivity (Wildman–Crippen MR) is 99.9 cm³/mol. The van der Waals surface area contributed by atoms with Gasteiger partial charge in [-0.3, -0.25) is 14.5 Å². The minimum absolute atomic E-state index is 0.105. The molecule has 1 aromatic carbocycles. The van der Waals surface area contributed by atoms with E-state index in [9.17, 15) is 9.59 Å². The number of carbonyl (C=O) groups is 2. The first kappa shape index (κ1) is 18.2. The summed E-state index contributed by atoms with van der Waals surface area (Å²) in [7, 11) is 0. The lowest BCUT2D eigenvalue weighted by molar-refractivity contribution is -0.143. The lowest BCUT2D eigenvalue weighted by Gasteiger charge is -2.13. The summed E-state index contributed by atoms with van der Waals surface area (Å²) in [6.07, 6.45) is 2.66. The van der Waals surface area contributed by atoms with Gasteiger partial charge >= 0.3 is 5.97 Å². The summed E-state index contributed by atoms with van der Waals surface area (Å²) in [6, 6.07) is 7.70. The molecule has 1 saturated heterocycles. The number of carbonyl (C=O) groups excluding carboxylic acids is 2. The molecule has 1 fully saturated rings. The van der Waals surface area contributed by atoms with Crippen molar-refractivity contribution in [3.8, 4) is 0 Å². The Labute approximate surface area is 153 Å². The van der Waals surface area contributed by atoms with E-state index >= 15 is 0 Å². The number of nitrogens with zero attached hydrogens (tertiary/aromatic N) is 1. The molecule has 0 bridgehead atoms. The molecule has 0 radical (unpaired) electrons. The van der Waals surface area contributed by atoms with Gasteiger partial charge in [0.1, 0.15) is 4.32 Å². The third kappa shape index (κ3) is 5.16. The number of esters is 1. The van der Waals surface area contributed by atoms with Crippen LogP contribution in [0.2, 0.25) is 0 Å². The van der Waals surface area contributed by atoms with Crippen LogP contribution in [0.15, 0.2) is 33.6 Å². The van der Waals surface area contributed by atoms with E-state index in [0.29, 0.717) is 28.8 Å². The zero-order valence-corrected chi connectivity index (χ0v) is 15.8. The highest BCUT2D eigenvalue weighted by atomic mass is 79.9. The lowest BCUT2D eigenvalue weighted by atomic mass is 10.2. The standard InChI is InChI=1S/C16H16BrNO3S2/c1-2-21-14(19)4-3-9-18-15(20)13(23-16(18)22)10-11-5-7-12(17)8-6-11/h5-8,10H,2-4,9H2,1H3/b13-10-. The molecule has 1 aliphatic heterocycles. The number of thiocarbonyl (C=S) groups is 1. The molecule has 0 spiro atoms. The number of hydrogen-bond donors (Lipinski definition) is 0. The van der Waals surface area contributed by atoms with Crippen LogP contribution >= 0.6 is 39.9 Å². The smallest absolute Gasteiger partial charge is 0.305 e. The maximum atomic E-state index is 12.4. The first-order valence-corrected chi connectivity index (χ1v) is 9.19. The number of thioether (sulfide) groups is 1. The number of rotatable bonds is 6. The summed E-state index contributed by atoms with van der Waals surface area (Å²) in [5.41, 5.74) is 0.945. The zero-order valence-electron chi connectivity index (χ0n) is 12.6. The maximum Gasteiger partial charge on any atom is 0.305 e. The fraction of sp³-hybridized carbons (Fsp3) is 0.312. The Morgan fingerprint density at radius 2 is 2.09 bits per heavy atom. The van der Waals surface area contributed by atoms with Gasteiger partial charge in [0.25, 0.3) is 5.91 Å². The molecule has 1 amide bonds. The molecular weight excluding hydrogens is 398 g/mol. The molecule has 2 rings (SSSR count). The van der Waals surface area contributed by atoms with E-state index in [1.54, 1.807) is 11.8 Å². The largest absolute Gasteiger partial charge is 0.466 e. The van der Waals surface area contributed by atoms with E-state index in [-0.39, 0.29) is 18.3 Å². The fourth-order valence-electron chi connectivity index (χ4n) is 2.02. The molecule has 1 aliphatic rings. The molecule has 0 N–H and O–H groups in total. The summed E-state index contributed by atoms with van der Waals surface area (Å²) in [6.45, 7) is 2.57. The summed E-state index contributed by atoms with van der Waals surface area (Å²) in [5.74, 6) is -0.352. The molecule has 1 heterocycles. The fourth-order valence-corrected chi connectivity index (χ4v) is 3.59. The van der Waals surface area contributed by atoms with E-state index in [4.69, 9.17) is 17.0 Å². The second kappa shape index (κ2) is 8.61. The van der Waals surface area contributed by atoms with E-state index in [1.165, 1.54) is 11.8 Å². The number of amides is 1. The van der Waals surface area contributed by atoms with Gasteiger partial charge in [-0.05, 0) is 37.1 Å². The average Bonchev–Trinajstić information content (AvgIpc) is 2.77. The quantitative estimate of drug-likeness (QED) is 0.400. The third-order valence-corrected chi connectivity index (χ3v) is 5.02. The van der Waals surface area contributed by atoms with Crippen molar-refractivity contribution in [3.63, 3.8) is 0 Å². The van der Waals surface area contributed by atoms with Crippen molar-refractivity contribution < 1.29 is 14.3 Å². The summed E-state index contributed by atoms with van der Waals surface area (Å²) in [5, 5.41) is 0. The van der Waals surface area contributed by atoms with Gasteiger partial charge in [-0.1, -0.05) is 52.0 Å². The Kier molecular flexibility index (Phi) is 6.80. The van der Waals surface area contributed by atoms with Gasteiger partial charge in [0.05, 0.1) is 11.5 Å². The first-order valence-electron chi connectivity index (χ1n) is 7.18. The van der Waals surface area contributed by atoms with Gasteiger partial charge in [0, 0.05) is 17.4 Å². The molecule has 7 heteroatoms. The van der Waals surface area contributed by atoms with Crippen LogP contribution in [0.5, 0.6) is 0 Å². The topological polar surface area (TPSA) is 46.6 Å².